The van der Waals surface area contributed by atoms with Crippen LogP contribution in [-0.2, 0) is 17.3 Å². The topological polar surface area (TPSA) is 0 Å². The van der Waals surface area contributed by atoms with Gasteiger partial charge in [0.1, 0.15) is 0 Å². The molecule has 1 heteroatoms. The van der Waals surface area contributed by atoms with E-state index in [1.54, 1.807) is 0 Å². The summed E-state index contributed by atoms with van der Waals surface area (Å²) in [5, 5.41) is 0. The minimum absolute atomic E-state index is 0.0263. The molecule has 8 aromatic carbocycles. The van der Waals surface area contributed by atoms with Gasteiger partial charge >= 0.3 is 0 Å². The monoisotopic (exact) mass is 782 g/mol. The molecular formula is C59H42S. The van der Waals surface area contributed by atoms with Crippen LogP contribution in [0.1, 0.15) is 76.3 Å². The maximum absolute atomic E-state index is 2.58. The Morgan fingerprint density at radius 1 is 0.417 bits per heavy atom. The predicted molar refractivity (Wildman–Crippen MR) is 251 cm³/mol. The molecule has 2 unspecified atom stereocenters. The van der Waals surface area contributed by atoms with E-state index in [0.29, 0.717) is 0 Å². The van der Waals surface area contributed by atoms with Crippen molar-refractivity contribution in [2.24, 2.45) is 0 Å². The second kappa shape index (κ2) is 12.5. The highest BCUT2D eigenvalue weighted by atomic mass is 32.1. The number of thiophene rings is 1. The van der Waals surface area contributed by atoms with Crippen molar-refractivity contribution >= 4 is 11.3 Å². The summed E-state index contributed by atoms with van der Waals surface area (Å²) in [6, 6.07) is 71.8. The molecule has 2 atom stereocenters. The maximum atomic E-state index is 2.58. The van der Waals surface area contributed by atoms with Crippen molar-refractivity contribution in [3.05, 3.63) is 238 Å². The molecule has 9 aromatic rings. The highest BCUT2D eigenvalue weighted by Gasteiger charge is 2.55. The SMILES string of the molecule is CC1(C)c2ccccc2-c2cc3c(cc21)CCC(c1cccc2c1-c1ccccc1C21c2ccccc2-c2c(-c4ccccc4)sc(-c4ccccc4)c21)c1ccccc1-3. The average molecular weight is 783 g/mol. The molecule has 0 saturated carbocycles. The van der Waals surface area contributed by atoms with Gasteiger partial charge in [-0.25, -0.2) is 0 Å². The van der Waals surface area contributed by atoms with Gasteiger partial charge in [-0.15, -0.1) is 11.3 Å². The van der Waals surface area contributed by atoms with E-state index in [2.05, 4.69) is 202 Å². The molecule has 60 heavy (non-hydrogen) atoms. The lowest BCUT2D eigenvalue weighted by molar-refractivity contribution is 0.657. The molecular weight excluding hydrogens is 741 g/mol. The van der Waals surface area contributed by atoms with Crippen LogP contribution in [0.3, 0.4) is 0 Å². The van der Waals surface area contributed by atoms with Gasteiger partial charge in [0.2, 0.25) is 0 Å². The minimum atomic E-state index is -0.463. The van der Waals surface area contributed by atoms with Gasteiger partial charge in [0.15, 0.2) is 0 Å². The highest BCUT2D eigenvalue weighted by molar-refractivity contribution is 7.19. The largest absolute Gasteiger partial charge is 0.134 e. The van der Waals surface area contributed by atoms with E-state index in [0.717, 1.165) is 12.8 Å². The molecule has 13 rings (SSSR count). The molecule has 0 bridgehead atoms. The normalized spacial score (nSPS) is 18.1. The van der Waals surface area contributed by atoms with Gasteiger partial charge in [-0.3, -0.25) is 0 Å². The van der Waals surface area contributed by atoms with Crippen LogP contribution in [0.15, 0.2) is 188 Å². The van der Waals surface area contributed by atoms with E-state index in [1.165, 1.54) is 115 Å². The molecule has 0 amide bonds. The van der Waals surface area contributed by atoms with E-state index in [4.69, 9.17) is 0 Å². The van der Waals surface area contributed by atoms with E-state index in [9.17, 15) is 0 Å². The van der Waals surface area contributed by atoms with Gasteiger partial charge in [0, 0.05) is 26.7 Å². The first-order valence-electron chi connectivity index (χ1n) is 21.5. The summed E-state index contributed by atoms with van der Waals surface area (Å²) in [5.41, 5.74) is 26.1. The first-order valence-corrected chi connectivity index (χ1v) is 22.3. The summed E-state index contributed by atoms with van der Waals surface area (Å²) < 4.78 is 0. The molecule has 4 aliphatic carbocycles. The predicted octanol–water partition coefficient (Wildman–Crippen LogP) is 15.5. The number of benzene rings is 8. The van der Waals surface area contributed by atoms with E-state index in [1.807, 2.05) is 11.3 Å². The number of hydrogen-bond acceptors (Lipinski definition) is 1. The Balaban J connectivity index is 1.07. The fraction of sp³-hybridized carbons (Fsp3) is 0.119. The number of hydrogen-bond donors (Lipinski definition) is 0. The standard InChI is InChI=1S/C59H42S/c1-58(2)48-28-14-11-24-42(48)47-35-46-38(34-52(47)58)32-33-41(39-22-9-10-23-40(39)46)43-27-17-31-51-53(43)44-25-12-15-29-49(44)59(51)50-30-16-13-26-45(50)54-55(59)57(37-20-7-4-8-21-37)60-56(54)36-18-5-3-6-19-36/h3-31,34-35,41H,32-33H2,1-2H3. The number of rotatable bonds is 3. The van der Waals surface area contributed by atoms with E-state index >= 15 is 0 Å². The average Bonchev–Trinajstić information content (AvgIpc) is 3.96. The molecule has 0 fully saturated rings. The number of fused-ring (bicyclic) bond motifs is 16. The van der Waals surface area contributed by atoms with Crippen molar-refractivity contribution in [3.63, 3.8) is 0 Å². The third kappa shape index (κ3) is 4.41. The molecule has 4 aliphatic rings. The van der Waals surface area contributed by atoms with Gasteiger partial charge in [0.25, 0.3) is 0 Å². The molecule has 0 radical (unpaired) electrons. The summed E-state index contributed by atoms with van der Waals surface area (Å²) in [6.45, 7) is 4.81. The molecule has 0 saturated heterocycles. The third-order valence-electron chi connectivity index (χ3n) is 14.6. The molecule has 0 nitrogen and oxygen atoms in total. The number of aryl methyl sites for hydroxylation is 1. The molecule has 1 heterocycles. The lowest BCUT2D eigenvalue weighted by Gasteiger charge is -2.31. The Kier molecular flexibility index (Phi) is 7.15. The third-order valence-corrected chi connectivity index (χ3v) is 15.9. The van der Waals surface area contributed by atoms with E-state index < -0.39 is 5.41 Å². The van der Waals surface area contributed by atoms with Gasteiger partial charge < -0.3 is 0 Å². The zero-order valence-electron chi connectivity index (χ0n) is 33.8. The fourth-order valence-electron chi connectivity index (χ4n) is 12.1. The summed E-state index contributed by atoms with van der Waals surface area (Å²) in [5.74, 6) is 0.231. The first kappa shape index (κ1) is 34.3. The molecule has 1 spiro atoms. The first-order chi connectivity index (χ1) is 29.5. The van der Waals surface area contributed by atoms with Crippen LogP contribution in [0.25, 0.3) is 65.4 Å². The lowest BCUT2D eigenvalue weighted by atomic mass is 9.69. The van der Waals surface area contributed by atoms with Crippen molar-refractivity contribution in [2.45, 2.75) is 43.4 Å². The Morgan fingerprint density at radius 2 is 0.967 bits per heavy atom. The quantitative estimate of drug-likeness (QED) is 0.167. The highest BCUT2D eigenvalue weighted by Crippen LogP contribution is 2.69. The zero-order chi connectivity index (χ0) is 39.7. The van der Waals surface area contributed by atoms with Crippen molar-refractivity contribution < 1.29 is 0 Å². The van der Waals surface area contributed by atoms with Gasteiger partial charge in [-0.2, -0.15) is 0 Å². The van der Waals surface area contributed by atoms with Crippen molar-refractivity contribution in [1.29, 1.82) is 0 Å². The van der Waals surface area contributed by atoms with E-state index in [-0.39, 0.29) is 11.3 Å². The van der Waals surface area contributed by atoms with Crippen LogP contribution in [0.2, 0.25) is 0 Å². The Hall–Kier alpha value is -6.54. The zero-order valence-corrected chi connectivity index (χ0v) is 34.6. The Bertz CT molecular complexity index is 3230. The van der Waals surface area contributed by atoms with Gasteiger partial charge in [0.05, 0.1) is 5.41 Å². The van der Waals surface area contributed by atoms with Crippen LogP contribution in [-0.4, -0.2) is 0 Å². The van der Waals surface area contributed by atoms with Crippen molar-refractivity contribution in [2.75, 3.05) is 0 Å². The molecule has 284 valence electrons. The van der Waals surface area contributed by atoms with Crippen LogP contribution in [0.5, 0.6) is 0 Å². The summed E-state index contributed by atoms with van der Waals surface area (Å²) >= 11 is 1.96. The summed E-state index contributed by atoms with van der Waals surface area (Å²) in [7, 11) is 0. The Labute approximate surface area is 356 Å². The smallest absolute Gasteiger partial charge is 0.0740 e. The molecule has 1 aromatic heterocycles. The van der Waals surface area contributed by atoms with Crippen LogP contribution >= 0.6 is 11.3 Å². The van der Waals surface area contributed by atoms with Crippen molar-refractivity contribution in [1.82, 2.24) is 0 Å². The second-order valence-corrected chi connectivity index (χ2v) is 18.8. The maximum Gasteiger partial charge on any atom is 0.0740 e. The second-order valence-electron chi connectivity index (χ2n) is 17.8. The summed E-state index contributed by atoms with van der Waals surface area (Å²) in [4.78, 5) is 2.71. The van der Waals surface area contributed by atoms with Crippen LogP contribution in [0.4, 0.5) is 0 Å². The minimum Gasteiger partial charge on any atom is -0.134 e. The molecule has 0 aliphatic heterocycles. The van der Waals surface area contributed by atoms with Crippen LogP contribution in [0, 0.1) is 0 Å². The van der Waals surface area contributed by atoms with Crippen LogP contribution < -0.4 is 0 Å². The lowest BCUT2D eigenvalue weighted by Crippen LogP contribution is -2.26. The fourth-order valence-corrected chi connectivity index (χ4v) is 13.5. The van der Waals surface area contributed by atoms with Gasteiger partial charge in [-0.05, 0) is 119 Å². The Morgan fingerprint density at radius 3 is 1.68 bits per heavy atom. The summed E-state index contributed by atoms with van der Waals surface area (Å²) in [6.07, 6.45) is 2.08. The van der Waals surface area contributed by atoms with Gasteiger partial charge in [-0.1, -0.05) is 196 Å². The molecule has 0 N–H and O–H groups in total. The van der Waals surface area contributed by atoms with Crippen molar-refractivity contribution in [3.8, 4) is 65.4 Å².